The number of para-hydroxylation sites is 2. The minimum atomic E-state index is 0.923. The number of thiophene rings is 1. The van der Waals surface area contributed by atoms with Gasteiger partial charge in [-0.05, 0) is 47.5 Å². The number of rotatable bonds is 1. The molecule has 0 radical (unpaired) electrons. The molecule has 0 bridgehead atoms. The van der Waals surface area contributed by atoms with Crippen molar-refractivity contribution in [3.8, 4) is 11.1 Å². The molecule has 0 aliphatic rings. The Hall–Kier alpha value is -4.54. The summed E-state index contributed by atoms with van der Waals surface area (Å²) in [5.74, 6) is 0. The minimum absolute atomic E-state index is 0.923. The van der Waals surface area contributed by atoms with Crippen LogP contribution in [0.4, 0.5) is 0 Å². The molecule has 4 heterocycles. The summed E-state index contributed by atoms with van der Waals surface area (Å²) in [5.41, 5.74) is 8.62. The fourth-order valence-corrected chi connectivity index (χ4v) is 7.16. The van der Waals surface area contributed by atoms with E-state index in [1.807, 2.05) is 29.5 Å². The smallest absolute Gasteiger partial charge is 0.165 e. The first kappa shape index (κ1) is 18.7. The molecule has 0 spiro atoms. The van der Waals surface area contributed by atoms with E-state index in [1.54, 1.807) is 0 Å². The van der Waals surface area contributed by atoms with Gasteiger partial charge in [0.15, 0.2) is 5.65 Å². The van der Waals surface area contributed by atoms with Crippen molar-refractivity contribution in [2.24, 2.45) is 0 Å². The third kappa shape index (κ3) is 2.27. The second kappa shape index (κ2) is 6.56. The summed E-state index contributed by atoms with van der Waals surface area (Å²) in [6.45, 7) is 0. The lowest BCUT2D eigenvalue weighted by Gasteiger charge is -2.04. The second-order valence-electron chi connectivity index (χ2n) is 9.44. The minimum Gasteiger partial charge on any atom is -0.291 e. The Labute approximate surface area is 209 Å². The zero-order chi connectivity index (χ0) is 23.4. The van der Waals surface area contributed by atoms with Gasteiger partial charge in [0.2, 0.25) is 0 Å². The van der Waals surface area contributed by atoms with Gasteiger partial charge >= 0.3 is 0 Å². The Morgan fingerprint density at radius 2 is 1.36 bits per heavy atom. The lowest BCUT2D eigenvalue weighted by Crippen LogP contribution is -1.89. The second-order valence-corrected chi connectivity index (χ2v) is 10.5. The van der Waals surface area contributed by atoms with Crippen molar-refractivity contribution in [3.05, 3.63) is 103 Å². The van der Waals surface area contributed by atoms with E-state index >= 15 is 0 Å². The first-order valence-electron chi connectivity index (χ1n) is 12.1. The van der Waals surface area contributed by atoms with Crippen molar-refractivity contribution < 1.29 is 0 Å². The summed E-state index contributed by atoms with van der Waals surface area (Å²) in [6, 6.07) is 36.7. The van der Waals surface area contributed by atoms with Crippen LogP contribution >= 0.6 is 11.3 Å². The van der Waals surface area contributed by atoms with E-state index in [0.717, 1.165) is 22.2 Å². The molecule has 3 nitrogen and oxygen atoms in total. The molecule has 36 heavy (non-hydrogen) atoms. The normalized spacial score (nSPS) is 12.4. The van der Waals surface area contributed by atoms with Crippen LogP contribution in [0.3, 0.4) is 0 Å². The molecule has 0 saturated carbocycles. The van der Waals surface area contributed by atoms with Crippen molar-refractivity contribution in [2.75, 3.05) is 0 Å². The van der Waals surface area contributed by atoms with Gasteiger partial charge in [-0.15, -0.1) is 11.3 Å². The average Bonchev–Trinajstić information content (AvgIpc) is 3.57. The quantitative estimate of drug-likeness (QED) is 0.237. The number of benzene rings is 5. The Morgan fingerprint density at radius 3 is 2.25 bits per heavy atom. The monoisotopic (exact) mass is 475 g/mol. The number of nitrogens with zero attached hydrogens (tertiary/aromatic N) is 3. The SMILES string of the molecule is c1ccc(-c2ccc3c(c2)c2c4sc5ccccc5c4cc4c5nc6ccccc6nc5n3c42)cc1. The maximum atomic E-state index is 5.14. The number of hydrogen-bond donors (Lipinski definition) is 0. The molecule has 0 amide bonds. The molecule has 0 aliphatic carbocycles. The van der Waals surface area contributed by atoms with Gasteiger partial charge < -0.3 is 0 Å². The van der Waals surface area contributed by atoms with Crippen molar-refractivity contribution in [1.29, 1.82) is 0 Å². The molecular weight excluding hydrogens is 458 g/mol. The van der Waals surface area contributed by atoms with E-state index < -0.39 is 0 Å². The molecule has 9 aromatic rings. The maximum Gasteiger partial charge on any atom is 0.165 e. The molecule has 0 atom stereocenters. The molecule has 0 N–H and O–H groups in total. The number of aromatic nitrogens is 3. The lowest BCUT2D eigenvalue weighted by atomic mass is 10.0. The molecule has 166 valence electrons. The van der Waals surface area contributed by atoms with Crippen LogP contribution in [0.15, 0.2) is 103 Å². The Morgan fingerprint density at radius 1 is 0.583 bits per heavy atom. The summed E-state index contributed by atoms with van der Waals surface area (Å²) in [5, 5.41) is 6.35. The van der Waals surface area contributed by atoms with Gasteiger partial charge in [0.25, 0.3) is 0 Å². The fourth-order valence-electron chi connectivity index (χ4n) is 5.92. The Balaban J connectivity index is 1.57. The molecule has 0 unspecified atom stereocenters. The predicted molar refractivity (Wildman–Crippen MR) is 153 cm³/mol. The van der Waals surface area contributed by atoms with Gasteiger partial charge in [-0.25, -0.2) is 9.97 Å². The topological polar surface area (TPSA) is 30.2 Å². The van der Waals surface area contributed by atoms with Crippen molar-refractivity contribution in [3.63, 3.8) is 0 Å². The molecular formula is C32H17N3S. The summed E-state index contributed by atoms with van der Waals surface area (Å²) in [6.07, 6.45) is 0. The third-order valence-corrected chi connectivity index (χ3v) is 8.70. The molecule has 9 rings (SSSR count). The van der Waals surface area contributed by atoms with Crippen LogP contribution in [-0.4, -0.2) is 14.4 Å². The number of hydrogen-bond acceptors (Lipinski definition) is 3. The predicted octanol–water partition coefficient (Wildman–Crippen LogP) is 8.81. The highest BCUT2D eigenvalue weighted by molar-refractivity contribution is 7.26. The zero-order valence-corrected chi connectivity index (χ0v) is 19.9. The van der Waals surface area contributed by atoms with E-state index in [4.69, 9.17) is 9.97 Å². The fraction of sp³-hybridized carbons (Fsp3) is 0. The first-order valence-corrected chi connectivity index (χ1v) is 12.9. The van der Waals surface area contributed by atoms with E-state index in [-0.39, 0.29) is 0 Å². The molecule has 0 fully saturated rings. The van der Waals surface area contributed by atoms with Crippen LogP contribution in [0.2, 0.25) is 0 Å². The average molecular weight is 476 g/mol. The van der Waals surface area contributed by atoms with Gasteiger partial charge in [-0.3, -0.25) is 4.40 Å². The van der Waals surface area contributed by atoms with Gasteiger partial charge in [-0.1, -0.05) is 66.7 Å². The molecule has 4 aromatic heterocycles. The summed E-state index contributed by atoms with van der Waals surface area (Å²) in [4.78, 5) is 10.3. The van der Waals surface area contributed by atoms with Crippen LogP contribution in [0.25, 0.3) is 80.7 Å². The third-order valence-electron chi connectivity index (χ3n) is 7.50. The van der Waals surface area contributed by atoms with E-state index in [1.165, 1.54) is 58.5 Å². The molecule has 0 aliphatic heterocycles. The molecule has 0 saturated heterocycles. The van der Waals surface area contributed by atoms with Gasteiger partial charge in [-0.2, -0.15) is 0 Å². The highest BCUT2D eigenvalue weighted by Gasteiger charge is 2.24. The van der Waals surface area contributed by atoms with Gasteiger partial charge in [0, 0.05) is 36.3 Å². The summed E-state index contributed by atoms with van der Waals surface area (Å²) in [7, 11) is 0. The first-order chi connectivity index (χ1) is 17.8. The zero-order valence-electron chi connectivity index (χ0n) is 19.1. The van der Waals surface area contributed by atoms with Gasteiger partial charge in [0.05, 0.1) is 22.1 Å². The molecule has 4 heteroatoms. The van der Waals surface area contributed by atoms with E-state index in [9.17, 15) is 0 Å². The highest BCUT2D eigenvalue weighted by Crippen LogP contribution is 2.47. The van der Waals surface area contributed by atoms with Crippen LogP contribution in [-0.2, 0) is 0 Å². The highest BCUT2D eigenvalue weighted by atomic mass is 32.1. The van der Waals surface area contributed by atoms with E-state index in [0.29, 0.717) is 0 Å². The standard InChI is InChI=1S/C32H17N3S/c1-2-8-18(9-3-1)19-14-15-26-22(16-19)28-30-23(17-21-20-10-4-7-13-27(20)36-31(21)28)29-32(35(26)30)34-25-12-6-5-11-24(25)33-29/h1-17H. The van der Waals surface area contributed by atoms with Crippen molar-refractivity contribution in [1.82, 2.24) is 14.4 Å². The van der Waals surface area contributed by atoms with Crippen LogP contribution < -0.4 is 0 Å². The Kier molecular flexibility index (Phi) is 3.42. The van der Waals surface area contributed by atoms with Crippen molar-refractivity contribution >= 4 is 80.9 Å². The largest absolute Gasteiger partial charge is 0.291 e. The van der Waals surface area contributed by atoms with Crippen LogP contribution in [0.5, 0.6) is 0 Å². The number of fused-ring (bicyclic) bond motifs is 11. The van der Waals surface area contributed by atoms with Crippen molar-refractivity contribution in [2.45, 2.75) is 0 Å². The van der Waals surface area contributed by atoms with Gasteiger partial charge in [0.1, 0.15) is 5.52 Å². The van der Waals surface area contributed by atoms with Crippen LogP contribution in [0, 0.1) is 0 Å². The summed E-state index contributed by atoms with van der Waals surface area (Å²) >= 11 is 1.89. The van der Waals surface area contributed by atoms with E-state index in [2.05, 4.69) is 89.3 Å². The lowest BCUT2D eigenvalue weighted by molar-refractivity contribution is 1.28. The summed E-state index contributed by atoms with van der Waals surface area (Å²) < 4.78 is 4.99. The maximum absolute atomic E-state index is 5.14. The molecule has 5 aromatic carbocycles. The van der Waals surface area contributed by atoms with Crippen LogP contribution in [0.1, 0.15) is 0 Å². The Bertz CT molecular complexity index is 2310.